The highest BCUT2D eigenvalue weighted by molar-refractivity contribution is 5.69. The summed E-state index contributed by atoms with van der Waals surface area (Å²) in [5, 5.41) is 13.2. The Hall–Kier alpha value is -3.37. The predicted octanol–water partition coefficient (Wildman–Crippen LogP) is 3.86. The normalized spacial score (nSPS) is 10.4. The number of anilines is 2. The van der Waals surface area contributed by atoms with Gasteiger partial charge in [-0.15, -0.1) is 0 Å². The summed E-state index contributed by atoms with van der Waals surface area (Å²) in [6.45, 7) is 2.40. The average Bonchev–Trinajstić information content (AvgIpc) is 3.12. The van der Waals surface area contributed by atoms with Crippen LogP contribution in [0.25, 0.3) is 11.4 Å². The monoisotopic (exact) mass is 364 g/mol. The van der Waals surface area contributed by atoms with Crippen molar-refractivity contribution < 1.29 is 14.0 Å². The number of aromatic nitrogens is 2. The minimum absolute atomic E-state index is 0.195. The van der Waals surface area contributed by atoms with E-state index >= 15 is 0 Å². The third-order valence-electron chi connectivity index (χ3n) is 4.00. The summed E-state index contributed by atoms with van der Waals surface area (Å²) in [4.78, 5) is 6.14. The van der Waals surface area contributed by atoms with E-state index in [1.807, 2.05) is 47.4 Å². The van der Waals surface area contributed by atoms with E-state index in [1.54, 1.807) is 21.1 Å². The molecule has 1 heterocycles. The predicted molar refractivity (Wildman–Crippen MR) is 101 cm³/mol. The van der Waals surface area contributed by atoms with E-state index in [-0.39, 0.29) is 6.54 Å². The maximum absolute atomic E-state index is 9.31. The van der Waals surface area contributed by atoms with Crippen LogP contribution in [0.1, 0.15) is 11.5 Å². The molecule has 0 radical (unpaired) electrons. The van der Waals surface area contributed by atoms with Crippen LogP contribution in [0, 0.1) is 18.3 Å². The zero-order chi connectivity index (χ0) is 19.2. The van der Waals surface area contributed by atoms with Gasteiger partial charge in [-0.2, -0.15) is 10.2 Å². The quantitative estimate of drug-likeness (QED) is 0.589. The maximum Gasteiger partial charge on any atom is 0.223 e. The van der Waals surface area contributed by atoms with Crippen molar-refractivity contribution in [1.82, 2.24) is 10.1 Å². The largest absolute Gasteiger partial charge is 0.497 e. The van der Waals surface area contributed by atoms with Gasteiger partial charge < -0.3 is 18.9 Å². The molecule has 0 aliphatic rings. The van der Waals surface area contributed by atoms with Crippen LogP contribution in [-0.4, -0.2) is 30.9 Å². The van der Waals surface area contributed by atoms with Gasteiger partial charge in [-0.3, -0.25) is 0 Å². The van der Waals surface area contributed by atoms with Crippen LogP contribution in [0.2, 0.25) is 0 Å². The molecule has 7 nitrogen and oxygen atoms in total. The van der Waals surface area contributed by atoms with Gasteiger partial charge in [0.1, 0.15) is 12.3 Å². The Balaban J connectivity index is 1.96. The fraction of sp³-hybridized carbons (Fsp3) is 0.250. The smallest absolute Gasteiger partial charge is 0.223 e. The third-order valence-corrected chi connectivity index (χ3v) is 4.00. The number of benzene rings is 2. The van der Waals surface area contributed by atoms with Crippen LogP contribution in [-0.2, 0) is 11.3 Å². The van der Waals surface area contributed by atoms with E-state index in [0.717, 1.165) is 22.5 Å². The molecule has 0 spiro atoms. The minimum Gasteiger partial charge on any atom is -0.497 e. The molecule has 7 heteroatoms. The number of hydrogen-bond acceptors (Lipinski definition) is 7. The number of nitrogens with zero attached hydrogens (tertiary/aromatic N) is 4. The van der Waals surface area contributed by atoms with Crippen molar-refractivity contribution in [3.05, 3.63) is 53.9 Å². The average molecular weight is 364 g/mol. The summed E-state index contributed by atoms with van der Waals surface area (Å²) >= 11 is 0. The fourth-order valence-corrected chi connectivity index (χ4v) is 2.78. The molecule has 2 aromatic carbocycles. The lowest BCUT2D eigenvalue weighted by molar-refractivity contribution is 0.184. The first-order valence-electron chi connectivity index (χ1n) is 8.36. The highest BCUT2D eigenvalue weighted by Crippen LogP contribution is 2.31. The first-order valence-corrected chi connectivity index (χ1v) is 8.36. The third kappa shape index (κ3) is 4.25. The summed E-state index contributed by atoms with van der Waals surface area (Å²) in [5.74, 6) is 1.76. The Morgan fingerprint density at radius 2 is 1.89 bits per heavy atom. The Labute approximate surface area is 157 Å². The van der Waals surface area contributed by atoms with E-state index in [2.05, 4.69) is 16.2 Å². The van der Waals surface area contributed by atoms with Gasteiger partial charge in [-0.05, 0) is 42.0 Å². The summed E-state index contributed by atoms with van der Waals surface area (Å²) < 4.78 is 15.7. The number of ether oxygens (including phenoxy) is 2. The number of nitriles is 1. The molecule has 0 fully saturated rings. The number of aryl methyl sites for hydroxylation is 1. The number of hydrogen-bond donors (Lipinski definition) is 0. The molecule has 0 saturated carbocycles. The van der Waals surface area contributed by atoms with Gasteiger partial charge in [0.2, 0.25) is 11.7 Å². The molecule has 0 unspecified atom stereocenters. The minimum atomic E-state index is 0.195. The van der Waals surface area contributed by atoms with Crippen molar-refractivity contribution in [2.24, 2.45) is 0 Å². The summed E-state index contributed by atoms with van der Waals surface area (Å²) in [6.07, 6.45) is 0. The van der Waals surface area contributed by atoms with Crippen LogP contribution >= 0.6 is 0 Å². The first-order chi connectivity index (χ1) is 13.1. The van der Waals surface area contributed by atoms with E-state index in [9.17, 15) is 5.26 Å². The second-order valence-corrected chi connectivity index (χ2v) is 5.90. The molecule has 0 aliphatic carbocycles. The standard InChI is InChI=1S/C20H20N4O3/c1-14-22-20(23-27-14)16-4-6-17(7-5-16)24(9-8-21)18-10-15(13-25-2)11-19(12-18)26-3/h4-7,10-12H,9,13H2,1-3H3. The zero-order valence-electron chi connectivity index (χ0n) is 15.5. The SMILES string of the molecule is COCc1cc(OC)cc(N(CC#N)c2ccc(-c3noc(C)n3)cc2)c1. The Bertz CT molecular complexity index is 945. The van der Waals surface area contributed by atoms with Crippen molar-refractivity contribution in [3.63, 3.8) is 0 Å². The van der Waals surface area contributed by atoms with Crippen molar-refractivity contribution >= 4 is 11.4 Å². The van der Waals surface area contributed by atoms with E-state index in [1.165, 1.54) is 0 Å². The Morgan fingerprint density at radius 1 is 1.11 bits per heavy atom. The maximum atomic E-state index is 9.31. The highest BCUT2D eigenvalue weighted by atomic mass is 16.5. The van der Waals surface area contributed by atoms with Gasteiger partial charge in [0, 0.05) is 37.0 Å². The molecule has 0 N–H and O–H groups in total. The summed E-state index contributed by atoms with van der Waals surface area (Å²) in [6, 6.07) is 15.7. The molecule has 0 atom stereocenters. The first kappa shape index (κ1) is 18.4. The molecule has 138 valence electrons. The number of methoxy groups -OCH3 is 2. The van der Waals surface area contributed by atoms with E-state index < -0.39 is 0 Å². The Kier molecular flexibility index (Phi) is 5.69. The fourth-order valence-electron chi connectivity index (χ4n) is 2.78. The van der Waals surface area contributed by atoms with Crippen LogP contribution in [0.15, 0.2) is 47.0 Å². The second-order valence-electron chi connectivity index (χ2n) is 5.90. The lowest BCUT2D eigenvalue weighted by Gasteiger charge is -2.23. The van der Waals surface area contributed by atoms with Crippen LogP contribution in [0.4, 0.5) is 11.4 Å². The van der Waals surface area contributed by atoms with E-state index in [4.69, 9.17) is 14.0 Å². The molecule has 0 bridgehead atoms. The Morgan fingerprint density at radius 3 is 2.48 bits per heavy atom. The van der Waals surface area contributed by atoms with Crippen molar-refractivity contribution in [1.29, 1.82) is 5.26 Å². The van der Waals surface area contributed by atoms with Gasteiger partial charge in [-0.1, -0.05) is 5.16 Å². The zero-order valence-corrected chi connectivity index (χ0v) is 15.5. The van der Waals surface area contributed by atoms with Crippen molar-refractivity contribution in [2.45, 2.75) is 13.5 Å². The van der Waals surface area contributed by atoms with Gasteiger partial charge in [0.05, 0.1) is 19.8 Å². The summed E-state index contributed by atoms with van der Waals surface area (Å²) in [5.41, 5.74) is 3.54. The highest BCUT2D eigenvalue weighted by Gasteiger charge is 2.13. The molecule has 1 aromatic heterocycles. The lowest BCUT2D eigenvalue weighted by Crippen LogP contribution is -2.17. The molecule has 3 rings (SSSR count). The summed E-state index contributed by atoms with van der Waals surface area (Å²) in [7, 11) is 3.26. The van der Waals surface area contributed by atoms with Crippen LogP contribution in [0.5, 0.6) is 5.75 Å². The van der Waals surface area contributed by atoms with Crippen LogP contribution < -0.4 is 9.64 Å². The molecule has 3 aromatic rings. The number of rotatable bonds is 7. The van der Waals surface area contributed by atoms with E-state index in [0.29, 0.717) is 24.1 Å². The molecule has 0 amide bonds. The molecule has 0 aliphatic heterocycles. The molecule has 0 saturated heterocycles. The van der Waals surface area contributed by atoms with Gasteiger partial charge >= 0.3 is 0 Å². The molecular formula is C20H20N4O3. The topological polar surface area (TPSA) is 84.4 Å². The second kappa shape index (κ2) is 8.34. The van der Waals surface area contributed by atoms with Crippen molar-refractivity contribution in [2.75, 3.05) is 25.7 Å². The van der Waals surface area contributed by atoms with Crippen molar-refractivity contribution in [3.8, 4) is 23.2 Å². The molecular weight excluding hydrogens is 344 g/mol. The lowest BCUT2D eigenvalue weighted by atomic mass is 10.1. The van der Waals surface area contributed by atoms with Gasteiger partial charge in [0.25, 0.3) is 0 Å². The van der Waals surface area contributed by atoms with Gasteiger partial charge in [-0.25, -0.2) is 0 Å². The molecule has 27 heavy (non-hydrogen) atoms. The van der Waals surface area contributed by atoms with Crippen LogP contribution in [0.3, 0.4) is 0 Å². The van der Waals surface area contributed by atoms with Gasteiger partial charge in [0.15, 0.2) is 0 Å².